The van der Waals surface area contributed by atoms with Crippen LogP contribution in [0.2, 0.25) is 0 Å². The lowest BCUT2D eigenvalue weighted by atomic mass is 10.2. The van der Waals surface area contributed by atoms with Gasteiger partial charge in [0.25, 0.3) is 0 Å². The molecule has 0 atom stereocenters. The zero-order valence-corrected chi connectivity index (χ0v) is 18.4. The number of rotatable bonds is 8. The third-order valence-corrected chi connectivity index (χ3v) is 6.34. The van der Waals surface area contributed by atoms with E-state index in [9.17, 15) is 12.8 Å². The average Bonchev–Trinajstić information content (AvgIpc) is 3.11. The van der Waals surface area contributed by atoms with Gasteiger partial charge in [-0.3, -0.25) is 0 Å². The van der Waals surface area contributed by atoms with Crippen molar-refractivity contribution in [3.8, 4) is 11.5 Å². The molecule has 1 N–H and O–H groups in total. The standard InChI is InChI=1S/C20H21BrFN3O3S/c1-25(2)13-3-12-23-19-20(29(26,27)17-10-8-16(22)9-11-17)24-18(28-19)14-4-6-15(21)7-5-14/h4-11,23H,3,12-13H2,1-2H3. The number of hydrogen-bond donors (Lipinski definition) is 1. The normalized spacial score (nSPS) is 11.8. The Morgan fingerprint density at radius 3 is 2.38 bits per heavy atom. The molecular weight excluding hydrogens is 461 g/mol. The lowest BCUT2D eigenvalue weighted by molar-refractivity contribution is 0.404. The number of halogens is 2. The van der Waals surface area contributed by atoms with Gasteiger partial charge in [0.2, 0.25) is 26.6 Å². The van der Waals surface area contributed by atoms with E-state index >= 15 is 0 Å². The summed E-state index contributed by atoms with van der Waals surface area (Å²) in [5.41, 5.74) is 0.644. The molecule has 3 aromatic rings. The van der Waals surface area contributed by atoms with Gasteiger partial charge >= 0.3 is 0 Å². The Hall–Kier alpha value is -2.23. The number of benzene rings is 2. The fourth-order valence-electron chi connectivity index (χ4n) is 2.64. The quantitative estimate of drug-likeness (QED) is 0.378. The lowest BCUT2D eigenvalue weighted by Gasteiger charge is -2.10. The SMILES string of the molecule is CN(C)CCCNc1oc(-c2ccc(Br)cc2)nc1S(=O)(=O)c1ccc(F)cc1. The summed E-state index contributed by atoms with van der Waals surface area (Å²) >= 11 is 3.37. The smallest absolute Gasteiger partial charge is 0.233 e. The van der Waals surface area contributed by atoms with Crippen LogP contribution in [0.15, 0.2) is 67.3 Å². The summed E-state index contributed by atoms with van der Waals surface area (Å²) in [6.07, 6.45) is 0.789. The van der Waals surface area contributed by atoms with Crippen molar-refractivity contribution in [1.82, 2.24) is 9.88 Å². The highest BCUT2D eigenvalue weighted by atomic mass is 79.9. The number of sulfone groups is 1. The summed E-state index contributed by atoms with van der Waals surface area (Å²) in [7, 11) is -0.0633. The molecule has 6 nitrogen and oxygen atoms in total. The molecule has 0 aliphatic heterocycles. The van der Waals surface area contributed by atoms with Gasteiger partial charge in [0.05, 0.1) is 4.90 Å². The van der Waals surface area contributed by atoms with E-state index in [4.69, 9.17) is 4.42 Å². The van der Waals surface area contributed by atoms with E-state index in [0.29, 0.717) is 12.1 Å². The second-order valence-corrected chi connectivity index (χ2v) is 9.48. The number of nitrogens with zero attached hydrogens (tertiary/aromatic N) is 2. The van der Waals surface area contributed by atoms with E-state index in [2.05, 4.69) is 26.2 Å². The molecule has 1 heterocycles. The number of nitrogens with one attached hydrogen (secondary N) is 1. The van der Waals surface area contributed by atoms with Crippen LogP contribution in [0.5, 0.6) is 0 Å². The van der Waals surface area contributed by atoms with Gasteiger partial charge in [-0.1, -0.05) is 15.9 Å². The number of hydrogen-bond acceptors (Lipinski definition) is 6. The molecule has 0 aliphatic carbocycles. The van der Waals surface area contributed by atoms with Crippen LogP contribution in [-0.2, 0) is 9.84 Å². The molecule has 0 unspecified atom stereocenters. The maximum atomic E-state index is 13.2. The van der Waals surface area contributed by atoms with Gasteiger partial charge in [0, 0.05) is 16.6 Å². The number of oxazole rings is 1. The Morgan fingerprint density at radius 2 is 1.76 bits per heavy atom. The van der Waals surface area contributed by atoms with Gasteiger partial charge in [-0.2, -0.15) is 4.98 Å². The van der Waals surface area contributed by atoms with Crippen LogP contribution in [0.4, 0.5) is 10.3 Å². The third-order valence-electron chi connectivity index (χ3n) is 4.13. The number of aromatic nitrogens is 1. The highest BCUT2D eigenvalue weighted by molar-refractivity contribution is 9.10. The minimum atomic E-state index is -3.99. The highest BCUT2D eigenvalue weighted by Crippen LogP contribution is 2.32. The summed E-state index contributed by atoms with van der Waals surface area (Å²) in [5, 5.41) is 2.82. The summed E-state index contributed by atoms with van der Waals surface area (Å²) in [5.74, 6) is -0.249. The Kier molecular flexibility index (Phi) is 6.71. The van der Waals surface area contributed by atoms with E-state index in [1.165, 1.54) is 12.1 Å². The minimum absolute atomic E-state index is 0.0501. The zero-order valence-electron chi connectivity index (χ0n) is 16.0. The first kappa shape index (κ1) is 21.5. The van der Waals surface area contributed by atoms with Crippen molar-refractivity contribution in [2.75, 3.05) is 32.5 Å². The van der Waals surface area contributed by atoms with Gasteiger partial charge in [0.1, 0.15) is 5.82 Å². The first-order chi connectivity index (χ1) is 13.8. The third kappa shape index (κ3) is 5.23. The topological polar surface area (TPSA) is 75.4 Å². The van der Waals surface area contributed by atoms with Gasteiger partial charge in [0.15, 0.2) is 0 Å². The Balaban J connectivity index is 1.98. The lowest BCUT2D eigenvalue weighted by Crippen LogP contribution is -2.17. The maximum absolute atomic E-state index is 13.2. The number of anilines is 1. The molecule has 29 heavy (non-hydrogen) atoms. The first-order valence-electron chi connectivity index (χ1n) is 8.93. The fourth-order valence-corrected chi connectivity index (χ4v) is 4.18. The van der Waals surface area contributed by atoms with Crippen molar-refractivity contribution >= 4 is 31.7 Å². The second kappa shape index (κ2) is 9.06. The first-order valence-corrected chi connectivity index (χ1v) is 11.2. The predicted octanol–water partition coefficient (Wildman–Crippen LogP) is 4.44. The Bertz CT molecular complexity index is 1070. The van der Waals surface area contributed by atoms with Crippen molar-refractivity contribution in [3.63, 3.8) is 0 Å². The summed E-state index contributed by atoms with van der Waals surface area (Å²) < 4.78 is 46.1. The zero-order chi connectivity index (χ0) is 21.0. The summed E-state index contributed by atoms with van der Waals surface area (Å²) in [6, 6.07) is 11.8. The molecule has 3 rings (SSSR count). The monoisotopic (exact) mass is 481 g/mol. The molecule has 0 spiro atoms. The largest absolute Gasteiger partial charge is 0.419 e. The van der Waals surface area contributed by atoms with E-state index in [0.717, 1.165) is 29.6 Å². The molecular formula is C20H21BrFN3O3S. The molecule has 0 amide bonds. The maximum Gasteiger partial charge on any atom is 0.233 e. The predicted molar refractivity (Wildman–Crippen MR) is 113 cm³/mol. The molecule has 0 bridgehead atoms. The average molecular weight is 482 g/mol. The van der Waals surface area contributed by atoms with Crippen LogP contribution in [0.25, 0.3) is 11.5 Å². The van der Waals surface area contributed by atoms with Crippen molar-refractivity contribution in [2.45, 2.75) is 16.3 Å². The minimum Gasteiger partial charge on any atom is -0.419 e. The Morgan fingerprint density at radius 1 is 1.10 bits per heavy atom. The molecule has 9 heteroatoms. The van der Waals surface area contributed by atoms with E-state index in [1.54, 1.807) is 12.1 Å². The molecule has 0 fully saturated rings. The van der Waals surface area contributed by atoms with Crippen molar-refractivity contribution in [2.24, 2.45) is 0 Å². The summed E-state index contributed by atoms with van der Waals surface area (Å²) in [6.45, 7) is 1.35. The van der Waals surface area contributed by atoms with Crippen molar-refractivity contribution < 1.29 is 17.2 Å². The van der Waals surface area contributed by atoms with Crippen molar-refractivity contribution in [1.29, 1.82) is 0 Å². The molecule has 154 valence electrons. The van der Waals surface area contributed by atoms with Crippen LogP contribution in [0.1, 0.15) is 6.42 Å². The second-order valence-electron chi connectivity index (χ2n) is 6.70. The fraction of sp³-hybridized carbons (Fsp3) is 0.250. The van der Waals surface area contributed by atoms with Crippen molar-refractivity contribution in [3.05, 3.63) is 58.8 Å². The van der Waals surface area contributed by atoms with Crippen LogP contribution in [0, 0.1) is 5.82 Å². The van der Waals surface area contributed by atoms with Gasteiger partial charge < -0.3 is 14.6 Å². The highest BCUT2D eigenvalue weighted by Gasteiger charge is 2.28. The van der Waals surface area contributed by atoms with E-state index in [-0.39, 0.29) is 21.7 Å². The van der Waals surface area contributed by atoms with Gasteiger partial charge in [-0.05, 0) is 75.6 Å². The molecule has 2 aromatic carbocycles. The van der Waals surface area contributed by atoms with Crippen LogP contribution in [-0.4, -0.2) is 45.5 Å². The van der Waals surface area contributed by atoms with Crippen LogP contribution < -0.4 is 5.32 Å². The van der Waals surface area contributed by atoms with Gasteiger partial charge in [-0.25, -0.2) is 12.8 Å². The molecule has 0 aliphatic rings. The van der Waals surface area contributed by atoms with E-state index in [1.807, 2.05) is 31.1 Å². The van der Waals surface area contributed by atoms with Crippen LogP contribution in [0.3, 0.4) is 0 Å². The van der Waals surface area contributed by atoms with Gasteiger partial charge in [-0.15, -0.1) is 0 Å². The molecule has 0 saturated heterocycles. The molecule has 1 aromatic heterocycles. The van der Waals surface area contributed by atoms with E-state index < -0.39 is 15.7 Å². The summed E-state index contributed by atoms with van der Waals surface area (Å²) in [4.78, 5) is 6.24. The Labute approximate surface area is 177 Å². The van der Waals surface area contributed by atoms with Crippen LogP contribution >= 0.6 is 15.9 Å². The molecule has 0 radical (unpaired) electrons. The molecule has 0 saturated carbocycles.